The zero-order chi connectivity index (χ0) is 13.7. The van der Waals surface area contributed by atoms with Gasteiger partial charge in [0.25, 0.3) is 0 Å². The largest absolute Gasteiger partial charge is 0.496 e. The Morgan fingerprint density at radius 2 is 2.11 bits per heavy atom. The van der Waals surface area contributed by atoms with Crippen LogP contribution in [0.5, 0.6) is 5.75 Å². The van der Waals surface area contributed by atoms with Gasteiger partial charge in [0.2, 0.25) is 0 Å². The zero-order valence-electron chi connectivity index (χ0n) is 11.2. The molecule has 0 saturated heterocycles. The number of ether oxygens (including phenoxy) is 1. The molecule has 19 heavy (non-hydrogen) atoms. The first-order valence-electron chi connectivity index (χ1n) is 6.63. The standard InChI is InChI=1S/C14H20ClN3O/c1-19-13-9-10(15)7-8-12(13)14(18-16)17-11-5-3-2-4-6-11/h7-9,11H,2-6,16H2,1H3,(H,17,18). The molecule has 104 valence electrons. The summed E-state index contributed by atoms with van der Waals surface area (Å²) >= 11 is 5.96. The molecule has 2 rings (SSSR count). The molecule has 0 bridgehead atoms. The second-order valence-electron chi connectivity index (χ2n) is 4.76. The first-order valence-corrected chi connectivity index (χ1v) is 7.00. The lowest BCUT2D eigenvalue weighted by atomic mass is 9.96. The van der Waals surface area contributed by atoms with Crippen LogP contribution in [0.25, 0.3) is 0 Å². The Bertz CT molecular complexity index is 456. The van der Waals surface area contributed by atoms with Crippen LogP contribution in [0.2, 0.25) is 5.02 Å². The van der Waals surface area contributed by atoms with E-state index in [0.29, 0.717) is 22.6 Å². The van der Waals surface area contributed by atoms with Crippen molar-refractivity contribution in [3.8, 4) is 5.75 Å². The van der Waals surface area contributed by atoms with Crippen molar-refractivity contribution in [2.24, 2.45) is 10.8 Å². The number of hydrogen-bond donors (Lipinski definition) is 2. The maximum atomic E-state index is 5.96. The van der Waals surface area contributed by atoms with Crippen molar-refractivity contribution in [1.29, 1.82) is 0 Å². The number of nitrogens with two attached hydrogens (primary N) is 1. The van der Waals surface area contributed by atoms with E-state index in [1.54, 1.807) is 13.2 Å². The number of halogens is 1. The highest BCUT2D eigenvalue weighted by Gasteiger charge is 2.15. The van der Waals surface area contributed by atoms with Gasteiger partial charge >= 0.3 is 0 Å². The fourth-order valence-corrected chi connectivity index (χ4v) is 2.60. The van der Waals surface area contributed by atoms with Gasteiger partial charge in [0.1, 0.15) is 11.6 Å². The lowest BCUT2D eigenvalue weighted by Crippen LogP contribution is -2.33. The van der Waals surface area contributed by atoms with Crippen molar-refractivity contribution in [2.45, 2.75) is 38.1 Å². The fraction of sp³-hybridized carbons (Fsp3) is 0.500. The second kappa shape index (κ2) is 6.78. The quantitative estimate of drug-likeness (QED) is 0.388. The fourth-order valence-electron chi connectivity index (χ4n) is 2.44. The third kappa shape index (κ3) is 3.61. The third-order valence-electron chi connectivity index (χ3n) is 3.44. The summed E-state index contributed by atoms with van der Waals surface area (Å²) < 4.78 is 5.34. The van der Waals surface area contributed by atoms with Crippen LogP contribution in [0.3, 0.4) is 0 Å². The van der Waals surface area contributed by atoms with Crippen LogP contribution in [-0.4, -0.2) is 19.0 Å². The van der Waals surface area contributed by atoms with Crippen LogP contribution in [0.4, 0.5) is 0 Å². The van der Waals surface area contributed by atoms with Gasteiger partial charge in [0, 0.05) is 5.02 Å². The molecule has 4 nitrogen and oxygen atoms in total. The molecule has 1 aromatic rings. The maximum absolute atomic E-state index is 5.96. The van der Waals surface area contributed by atoms with Gasteiger partial charge in [0.05, 0.1) is 18.7 Å². The highest BCUT2D eigenvalue weighted by atomic mass is 35.5. The molecular formula is C14H20ClN3O. The van der Waals surface area contributed by atoms with E-state index in [9.17, 15) is 0 Å². The zero-order valence-corrected chi connectivity index (χ0v) is 11.9. The molecule has 0 radical (unpaired) electrons. The number of rotatable bonds is 3. The molecule has 1 saturated carbocycles. The Morgan fingerprint density at radius 1 is 1.37 bits per heavy atom. The Balaban J connectivity index is 2.27. The summed E-state index contributed by atoms with van der Waals surface area (Å²) in [6.45, 7) is 0. The van der Waals surface area contributed by atoms with Crippen molar-refractivity contribution < 1.29 is 4.74 Å². The predicted octanol–water partition coefficient (Wildman–Crippen LogP) is 2.89. The molecule has 1 fully saturated rings. The number of hydrazine groups is 1. The molecule has 1 aliphatic rings. The van der Waals surface area contributed by atoms with Crippen LogP contribution in [-0.2, 0) is 0 Å². The molecule has 3 N–H and O–H groups in total. The topological polar surface area (TPSA) is 59.6 Å². The SMILES string of the molecule is COc1cc(Cl)ccc1C(=NC1CCCCC1)NN. The van der Waals surface area contributed by atoms with E-state index < -0.39 is 0 Å². The van der Waals surface area contributed by atoms with Crippen molar-refractivity contribution in [2.75, 3.05) is 7.11 Å². The number of nitrogens with one attached hydrogen (secondary N) is 1. The smallest absolute Gasteiger partial charge is 0.146 e. The van der Waals surface area contributed by atoms with Crippen LogP contribution >= 0.6 is 11.6 Å². The number of nitrogens with zero attached hydrogens (tertiary/aromatic N) is 1. The summed E-state index contributed by atoms with van der Waals surface area (Å²) in [5.41, 5.74) is 3.53. The Morgan fingerprint density at radius 3 is 2.74 bits per heavy atom. The molecule has 0 unspecified atom stereocenters. The molecule has 0 amide bonds. The van der Waals surface area contributed by atoms with E-state index in [1.807, 2.05) is 12.1 Å². The number of aliphatic imine (C=N–C) groups is 1. The van der Waals surface area contributed by atoms with Crippen molar-refractivity contribution in [3.05, 3.63) is 28.8 Å². The van der Waals surface area contributed by atoms with Gasteiger partial charge in [0.15, 0.2) is 0 Å². The Kier molecular flexibility index (Phi) is 5.05. The number of amidine groups is 1. The monoisotopic (exact) mass is 281 g/mol. The Labute approximate surface area is 119 Å². The van der Waals surface area contributed by atoms with E-state index in [-0.39, 0.29) is 0 Å². The maximum Gasteiger partial charge on any atom is 0.146 e. The molecule has 0 atom stereocenters. The van der Waals surface area contributed by atoms with Gasteiger partial charge in [-0.2, -0.15) is 0 Å². The summed E-state index contributed by atoms with van der Waals surface area (Å²) in [4.78, 5) is 4.72. The average Bonchev–Trinajstić information content (AvgIpc) is 2.46. The summed E-state index contributed by atoms with van der Waals surface area (Å²) in [6, 6.07) is 5.81. The number of methoxy groups -OCH3 is 1. The van der Waals surface area contributed by atoms with Crippen LogP contribution < -0.4 is 16.0 Å². The lowest BCUT2D eigenvalue weighted by Gasteiger charge is -2.20. The van der Waals surface area contributed by atoms with Crippen LogP contribution in [0.15, 0.2) is 23.2 Å². The summed E-state index contributed by atoms with van der Waals surface area (Å²) in [5.74, 6) is 6.96. The first kappa shape index (κ1) is 14.2. The number of benzene rings is 1. The Hall–Kier alpha value is -1.26. The predicted molar refractivity (Wildman–Crippen MR) is 78.7 cm³/mol. The van der Waals surface area contributed by atoms with Crippen molar-refractivity contribution >= 4 is 17.4 Å². The normalized spacial score (nSPS) is 17.3. The molecule has 0 heterocycles. The van der Waals surface area contributed by atoms with E-state index in [2.05, 4.69) is 5.43 Å². The first-order chi connectivity index (χ1) is 9.24. The van der Waals surface area contributed by atoms with Crippen LogP contribution in [0.1, 0.15) is 37.7 Å². The summed E-state index contributed by atoms with van der Waals surface area (Å²) in [7, 11) is 1.61. The molecule has 0 aromatic heterocycles. The second-order valence-corrected chi connectivity index (χ2v) is 5.19. The molecule has 1 aliphatic carbocycles. The molecule has 5 heteroatoms. The molecule has 0 aliphatic heterocycles. The van der Waals surface area contributed by atoms with Gasteiger partial charge in [-0.05, 0) is 31.0 Å². The minimum absolute atomic E-state index is 0.347. The van der Waals surface area contributed by atoms with Gasteiger partial charge in [-0.3, -0.25) is 4.99 Å². The lowest BCUT2D eigenvalue weighted by molar-refractivity contribution is 0.413. The van der Waals surface area contributed by atoms with Gasteiger partial charge in [-0.25, -0.2) is 5.84 Å². The summed E-state index contributed by atoms with van der Waals surface area (Å²) in [5, 5.41) is 0.634. The number of hydrogen-bond acceptors (Lipinski definition) is 3. The van der Waals surface area contributed by atoms with Gasteiger partial charge in [-0.15, -0.1) is 0 Å². The average molecular weight is 282 g/mol. The summed E-state index contributed by atoms with van der Waals surface area (Å²) in [6.07, 6.45) is 6.04. The molecule has 0 spiro atoms. The van der Waals surface area contributed by atoms with Crippen molar-refractivity contribution in [3.63, 3.8) is 0 Å². The van der Waals surface area contributed by atoms with Crippen LogP contribution in [0, 0.1) is 0 Å². The minimum atomic E-state index is 0.347. The van der Waals surface area contributed by atoms with E-state index in [4.69, 9.17) is 27.2 Å². The highest BCUT2D eigenvalue weighted by Crippen LogP contribution is 2.25. The van der Waals surface area contributed by atoms with Gasteiger partial charge in [-0.1, -0.05) is 30.9 Å². The highest BCUT2D eigenvalue weighted by molar-refractivity contribution is 6.30. The van der Waals surface area contributed by atoms with E-state index in [1.165, 1.54) is 19.3 Å². The van der Waals surface area contributed by atoms with Crippen molar-refractivity contribution in [1.82, 2.24) is 5.43 Å². The van der Waals surface area contributed by atoms with Gasteiger partial charge < -0.3 is 10.2 Å². The molecule has 1 aromatic carbocycles. The third-order valence-corrected chi connectivity index (χ3v) is 3.68. The van der Waals surface area contributed by atoms with E-state index >= 15 is 0 Å². The molecular weight excluding hydrogens is 262 g/mol. The minimum Gasteiger partial charge on any atom is -0.496 e. The van der Waals surface area contributed by atoms with E-state index in [0.717, 1.165) is 18.4 Å².